The van der Waals surface area contributed by atoms with Crippen LogP contribution in [0, 0.1) is 18.8 Å². The van der Waals surface area contributed by atoms with Crippen molar-refractivity contribution in [2.75, 3.05) is 25.5 Å². The molecule has 1 fully saturated rings. The first kappa shape index (κ1) is 15.8. The zero-order valence-electron chi connectivity index (χ0n) is 13.2. The Labute approximate surface area is 127 Å². The minimum Gasteiger partial charge on any atom is -0.495 e. The third kappa shape index (κ3) is 4.46. The summed E-state index contributed by atoms with van der Waals surface area (Å²) in [4.78, 5) is 12.3. The van der Waals surface area contributed by atoms with Gasteiger partial charge in [0.15, 0.2) is 0 Å². The van der Waals surface area contributed by atoms with Crippen LogP contribution < -0.4 is 15.4 Å². The maximum absolute atomic E-state index is 12.3. The molecule has 1 amide bonds. The summed E-state index contributed by atoms with van der Waals surface area (Å²) in [6, 6.07) is 5.81. The number of anilines is 1. The number of ether oxygens (including phenoxy) is 1. The van der Waals surface area contributed by atoms with Crippen molar-refractivity contribution in [1.29, 1.82) is 0 Å². The highest BCUT2D eigenvalue weighted by atomic mass is 16.5. The molecule has 1 heterocycles. The normalized spacial score (nSPS) is 19.9. The lowest BCUT2D eigenvalue weighted by molar-refractivity contribution is -0.117. The Morgan fingerprint density at radius 2 is 2.33 bits per heavy atom. The highest BCUT2D eigenvalue weighted by Gasteiger charge is 2.22. The largest absolute Gasteiger partial charge is 0.495 e. The van der Waals surface area contributed by atoms with E-state index in [2.05, 4.69) is 17.6 Å². The quantitative estimate of drug-likeness (QED) is 0.876. The number of nitrogens with one attached hydrogen (secondary N) is 2. The fourth-order valence-electron chi connectivity index (χ4n) is 2.94. The molecule has 4 nitrogen and oxygen atoms in total. The second kappa shape index (κ2) is 7.46. The van der Waals surface area contributed by atoms with Crippen LogP contribution in [0.2, 0.25) is 0 Å². The van der Waals surface area contributed by atoms with Gasteiger partial charge in [-0.15, -0.1) is 0 Å². The monoisotopic (exact) mass is 290 g/mol. The fourth-order valence-corrected chi connectivity index (χ4v) is 2.94. The van der Waals surface area contributed by atoms with Crippen LogP contribution in [0.25, 0.3) is 0 Å². The topological polar surface area (TPSA) is 50.4 Å². The lowest BCUT2D eigenvalue weighted by atomic mass is 9.85. The van der Waals surface area contributed by atoms with Crippen molar-refractivity contribution in [3.8, 4) is 5.75 Å². The van der Waals surface area contributed by atoms with Crippen LogP contribution in [0.1, 0.15) is 31.7 Å². The fraction of sp³-hybridized carbons (Fsp3) is 0.588. The first-order valence-electron chi connectivity index (χ1n) is 7.75. The van der Waals surface area contributed by atoms with Crippen LogP contribution in [0.4, 0.5) is 5.69 Å². The van der Waals surface area contributed by atoms with Crippen LogP contribution in [-0.2, 0) is 4.79 Å². The number of piperidine rings is 1. The van der Waals surface area contributed by atoms with Crippen molar-refractivity contribution in [2.24, 2.45) is 11.8 Å². The summed E-state index contributed by atoms with van der Waals surface area (Å²) in [7, 11) is 1.62. The smallest absolute Gasteiger partial charge is 0.224 e. The molecule has 0 aromatic heterocycles. The van der Waals surface area contributed by atoms with Gasteiger partial charge in [-0.1, -0.05) is 13.0 Å². The molecule has 2 N–H and O–H groups in total. The van der Waals surface area contributed by atoms with Crippen LogP contribution >= 0.6 is 0 Å². The molecule has 116 valence electrons. The van der Waals surface area contributed by atoms with Crippen molar-refractivity contribution in [3.63, 3.8) is 0 Å². The summed E-state index contributed by atoms with van der Waals surface area (Å²) in [5.74, 6) is 1.77. The lowest BCUT2D eigenvalue weighted by Crippen LogP contribution is -2.34. The van der Waals surface area contributed by atoms with Gasteiger partial charge in [0.2, 0.25) is 5.91 Å². The Morgan fingerprint density at radius 3 is 3.00 bits per heavy atom. The molecule has 2 rings (SSSR count). The Balaban J connectivity index is 1.93. The molecule has 1 aliphatic heterocycles. The van der Waals surface area contributed by atoms with Gasteiger partial charge in [-0.3, -0.25) is 4.79 Å². The van der Waals surface area contributed by atoms with E-state index in [1.54, 1.807) is 7.11 Å². The van der Waals surface area contributed by atoms with Gasteiger partial charge in [-0.05, 0) is 62.4 Å². The first-order chi connectivity index (χ1) is 10.1. The summed E-state index contributed by atoms with van der Waals surface area (Å²) in [6.07, 6.45) is 2.99. The number of carbonyl (C=O) groups is 1. The number of aryl methyl sites for hydroxylation is 1. The van der Waals surface area contributed by atoms with Crippen LogP contribution in [0.5, 0.6) is 5.75 Å². The Morgan fingerprint density at radius 1 is 1.52 bits per heavy atom. The van der Waals surface area contributed by atoms with E-state index in [4.69, 9.17) is 4.74 Å². The zero-order chi connectivity index (χ0) is 15.2. The standard InChI is InChI=1S/C17H26N2O2/c1-12-6-7-16(21-3)15(9-12)19-17(20)10-13(2)14-5-4-8-18-11-14/h6-7,9,13-14,18H,4-5,8,10-11H2,1-3H3,(H,19,20). The number of amides is 1. The minimum atomic E-state index is 0.0666. The second-order valence-electron chi connectivity index (χ2n) is 6.04. The highest BCUT2D eigenvalue weighted by molar-refractivity contribution is 5.92. The molecule has 1 aliphatic rings. The third-order valence-electron chi connectivity index (χ3n) is 4.28. The van der Waals surface area contributed by atoms with Crippen LogP contribution in [-0.4, -0.2) is 26.1 Å². The average molecular weight is 290 g/mol. The molecule has 0 saturated carbocycles. The van der Waals surface area contributed by atoms with Gasteiger partial charge in [0.05, 0.1) is 12.8 Å². The molecule has 1 saturated heterocycles. The Bertz CT molecular complexity index is 482. The number of hydrogen-bond acceptors (Lipinski definition) is 3. The summed E-state index contributed by atoms with van der Waals surface area (Å²) in [5, 5.41) is 6.40. The van der Waals surface area contributed by atoms with Crippen molar-refractivity contribution < 1.29 is 9.53 Å². The van der Waals surface area contributed by atoms with E-state index in [1.165, 1.54) is 12.8 Å². The van der Waals surface area contributed by atoms with Crippen molar-refractivity contribution in [1.82, 2.24) is 5.32 Å². The second-order valence-corrected chi connectivity index (χ2v) is 6.04. The number of hydrogen-bond donors (Lipinski definition) is 2. The maximum atomic E-state index is 12.3. The van der Waals surface area contributed by atoms with Crippen molar-refractivity contribution >= 4 is 11.6 Å². The van der Waals surface area contributed by atoms with Gasteiger partial charge in [0.25, 0.3) is 0 Å². The molecular weight excluding hydrogens is 264 g/mol. The summed E-state index contributed by atoms with van der Waals surface area (Å²) in [6.45, 7) is 6.31. The minimum absolute atomic E-state index is 0.0666. The lowest BCUT2D eigenvalue weighted by Gasteiger charge is -2.28. The van der Waals surface area contributed by atoms with Gasteiger partial charge in [-0.2, -0.15) is 0 Å². The summed E-state index contributed by atoms with van der Waals surface area (Å²) in [5.41, 5.74) is 1.87. The predicted molar refractivity (Wildman–Crippen MR) is 85.7 cm³/mol. The number of carbonyl (C=O) groups excluding carboxylic acids is 1. The highest BCUT2D eigenvalue weighted by Crippen LogP contribution is 2.27. The maximum Gasteiger partial charge on any atom is 0.224 e. The molecule has 0 spiro atoms. The molecule has 2 unspecified atom stereocenters. The van der Waals surface area contributed by atoms with E-state index in [0.29, 0.717) is 24.0 Å². The molecular formula is C17H26N2O2. The molecule has 1 aromatic carbocycles. The molecule has 0 radical (unpaired) electrons. The Hall–Kier alpha value is -1.55. The van der Waals surface area contributed by atoms with Gasteiger partial charge >= 0.3 is 0 Å². The Kier molecular flexibility index (Phi) is 5.62. The van der Waals surface area contributed by atoms with E-state index in [9.17, 15) is 4.79 Å². The van der Waals surface area contributed by atoms with Gasteiger partial charge in [0.1, 0.15) is 5.75 Å². The molecule has 4 heteroatoms. The predicted octanol–water partition coefficient (Wildman–Crippen LogP) is 2.97. The van der Waals surface area contributed by atoms with Gasteiger partial charge < -0.3 is 15.4 Å². The zero-order valence-corrected chi connectivity index (χ0v) is 13.2. The molecule has 0 aliphatic carbocycles. The molecule has 2 atom stereocenters. The average Bonchev–Trinajstić information content (AvgIpc) is 2.48. The van der Waals surface area contributed by atoms with E-state index in [0.717, 1.165) is 24.3 Å². The van der Waals surface area contributed by atoms with Crippen LogP contribution in [0.3, 0.4) is 0 Å². The van der Waals surface area contributed by atoms with E-state index in [1.807, 2.05) is 25.1 Å². The summed E-state index contributed by atoms with van der Waals surface area (Å²) >= 11 is 0. The van der Waals surface area contributed by atoms with Gasteiger partial charge in [0, 0.05) is 6.42 Å². The van der Waals surface area contributed by atoms with E-state index >= 15 is 0 Å². The van der Waals surface area contributed by atoms with Gasteiger partial charge in [-0.25, -0.2) is 0 Å². The SMILES string of the molecule is COc1ccc(C)cc1NC(=O)CC(C)C1CCCNC1. The van der Waals surface area contributed by atoms with Crippen molar-refractivity contribution in [2.45, 2.75) is 33.1 Å². The molecule has 21 heavy (non-hydrogen) atoms. The molecule has 1 aromatic rings. The molecule has 0 bridgehead atoms. The number of benzene rings is 1. The third-order valence-corrected chi connectivity index (χ3v) is 4.28. The first-order valence-corrected chi connectivity index (χ1v) is 7.75. The summed E-state index contributed by atoms with van der Waals surface area (Å²) < 4.78 is 5.30. The van der Waals surface area contributed by atoms with E-state index in [-0.39, 0.29) is 5.91 Å². The van der Waals surface area contributed by atoms with Crippen molar-refractivity contribution in [3.05, 3.63) is 23.8 Å². The van der Waals surface area contributed by atoms with Crippen LogP contribution in [0.15, 0.2) is 18.2 Å². The van der Waals surface area contributed by atoms with E-state index < -0.39 is 0 Å². The number of methoxy groups -OCH3 is 1. The number of rotatable bonds is 5.